The summed E-state index contributed by atoms with van der Waals surface area (Å²) in [5.41, 5.74) is -0.272. The zero-order valence-corrected chi connectivity index (χ0v) is 14.3. The minimum atomic E-state index is -0.272. The lowest BCUT2D eigenvalue weighted by Crippen LogP contribution is -2.48. The maximum atomic E-state index is 12.6. The lowest BCUT2D eigenvalue weighted by atomic mass is 9.74. The number of hydrogen-bond acceptors (Lipinski definition) is 2. The molecule has 3 nitrogen and oxygen atoms in total. The van der Waals surface area contributed by atoms with Gasteiger partial charge >= 0.3 is 0 Å². The highest BCUT2D eigenvalue weighted by Crippen LogP contribution is 2.32. The third-order valence-corrected chi connectivity index (χ3v) is 5.11. The second-order valence-corrected chi connectivity index (χ2v) is 7.63. The minimum Gasteiger partial charge on any atom is -0.355 e. The SMILES string of the molecule is CC(C)C(CNC(=O)C(C)(C)C1CCCNC1)C(C)C. The van der Waals surface area contributed by atoms with Crippen molar-refractivity contribution >= 4 is 5.91 Å². The summed E-state index contributed by atoms with van der Waals surface area (Å²) in [7, 11) is 0. The Morgan fingerprint density at radius 1 is 1.25 bits per heavy atom. The third kappa shape index (κ3) is 4.47. The van der Waals surface area contributed by atoms with Crippen LogP contribution in [0.5, 0.6) is 0 Å². The average molecular weight is 282 g/mol. The van der Waals surface area contributed by atoms with Gasteiger partial charge in [-0.15, -0.1) is 0 Å². The molecule has 118 valence electrons. The monoisotopic (exact) mass is 282 g/mol. The Labute approximate surface area is 125 Å². The van der Waals surface area contributed by atoms with Crippen molar-refractivity contribution in [3.63, 3.8) is 0 Å². The number of carbonyl (C=O) groups is 1. The van der Waals surface area contributed by atoms with Gasteiger partial charge in [-0.05, 0) is 49.6 Å². The largest absolute Gasteiger partial charge is 0.355 e. The normalized spacial score (nSPS) is 20.8. The summed E-state index contributed by atoms with van der Waals surface area (Å²) in [6.45, 7) is 16.0. The highest BCUT2D eigenvalue weighted by Gasteiger charge is 2.37. The molecule has 0 radical (unpaired) electrons. The van der Waals surface area contributed by atoms with E-state index in [9.17, 15) is 4.79 Å². The van der Waals surface area contributed by atoms with Crippen LogP contribution >= 0.6 is 0 Å². The smallest absolute Gasteiger partial charge is 0.225 e. The van der Waals surface area contributed by atoms with Gasteiger partial charge in [0.15, 0.2) is 0 Å². The average Bonchev–Trinajstić information content (AvgIpc) is 2.38. The first-order valence-electron chi connectivity index (χ1n) is 8.25. The van der Waals surface area contributed by atoms with Gasteiger partial charge in [-0.3, -0.25) is 4.79 Å². The molecule has 0 saturated carbocycles. The van der Waals surface area contributed by atoms with Crippen molar-refractivity contribution in [2.75, 3.05) is 19.6 Å². The molecule has 1 heterocycles. The zero-order chi connectivity index (χ0) is 15.3. The standard InChI is InChI=1S/C17H34N2O/c1-12(2)15(13(3)4)11-19-16(20)17(5,6)14-8-7-9-18-10-14/h12-15,18H,7-11H2,1-6H3,(H,19,20). The maximum absolute atomic E-state index is 12.6. The molecular formula is C17H34N2O. The Bertz CT molecular complexity index is 296. The molecule has 1 fully saturated rings. The fourth-order valence-electron chi connectivity index (χ4n) is 3.33. The quantitative estimate of drug-likeness (QED) is 0.786. The fourth-order valence-corrected chi connectivity index (χ4v) is 3.33. The van der Waals surface area contributed by atoms with Gasteiger partial charge in [0.2, 0.25) is 5.91 Å². The van der Waals surface area contributed by atoms with E-state index in [-0.39, 0.29) is 11.3 Å². The minimum absolute atomic E-state index is 0.220. The summed E-state index contributed by atoms with van der Waals surface area (Å²) in [4.78, 5) is 12.6. The molecule has 1 rings (SSSR count). The maximum Gasteiger partial charge on any atom is 0.225 e. The number of carbonyl (C=O) groups excluding carboxylic acids is 1. The Hall–Kier alpha value is -0.570. The molecule has 0 bridgehead atoms. The summed E-state index contributed by atoms with van der Waals surface area (Å²) in [5.74, 6) is 2.44. The van der Waals surface area contributed by atoms with Gasteiger partial charge in [0, 0.05) is 12.0 Å². The van der Waals surface area contributed by atoms with E-state index in [1.807, 2.05) is 0 Å². The van der Waals surface area contributed by atoms with Crippen molar-refractivity contribution < 1.29 is 4.79 Å². The number of piperidine rings is 1. The third-order valence-electron chi connectivity index (χ3n) is 5.11. The van der Waals surface area contributed by atoms with Gasteiger partial charge in [0.25, 0.3) is 0 Å². The predicted molar refractivity (Wildman–Crippen MR) is 85.6 cm³/mol. The van der Waals surface area contributed by atoms with Crippen LogP contribution in [0.3, 0.4) is 0 Å². The Morgan fingerprint density at radius 3 is 2.30 bits per heavy atom. The van der Waals surface area contributed by atoms with Crippen LogP contribution in [0.15, 0.2) is 0 Å². The van der Waals surface area contributed by atoms with Crippen molar-refractivity contribution in [2.45, 2.75) is 54.4 Å². The van der Waals surface area contributed by atoms with Crippen LogP contribution in [-0.2, 0) is 4.79 Å². The lowest BCUT2D eigenvalue weighted by molar-refractivity contribution is -0.132. The molecule has 3 heteroatoms. The number of hydrogen-bond donors (Lipinski definition) is 2. The van der Waals surface area contributed by atoms with Crippen LogP contribution in [0.25, 0.3) is 0 Å². The fraction of sp³-hybridized carbons (Fsp3) is 0.941. The topological polar surface area (TPSA) is 41.1 Å². The summed E-state index contributed by atoms with van der Waals surface area (Å²) in [6.07, 6.45) is 2.34. The van der Waals surface area contributed by atoms with Crippen LogP contribution in [-0.4, -0.2) is 25.5 Å². The van der Waals surface area contributed by atoms with Gasteiger partial charge in [-0.25, -0.2) is 0 Å². The highest BCUT2D eigenvalue weighted by atomic mass is 16.2. The van der Waals surface area contributed by atoms with E-state index in [2.05, 4.69) is 52.2 Å². The van der Waals surface area contributed by atoms with E-state index in [0.29, 0.717) is 23.7 Å². The Morgan fingerprint density at radius 2 is 1.85 bits per heavy atom. The van der Waals surface area contributed by atoms with Crippen LogP contribution in [0.2, 0.25) is 0 Å². The molecule has 0 aromatic rings. The van der Waals surface area contributed by atoms with E-state index in [1.165, 1.54) is 6.42 Å². The molecule has 1 unspecified atom stereocenters. The first-order valence-corrected chi connectivity index (χ1v) is 8.25. The number of nitrogens with one attached hydrogen (secondary N) is 2. The number of rotatable bonds is 6. The molecule has 0 aromatic carbocycles. The van der Waals surface area contributed by atoms with Crippen molar-refractivity contribution in [1.82, 2.24) is 10.6 Å². The highest BCUT2D eigenvalue weighted by molar-refractivity contribution is 5.82. The second-order valence-electron chi connectivity index (χ2n) is 7.63. The Balaban J connectivity index is 2.55. The molecule has 0 aliphatic carbocycles. The van der Waals surface area contributed by atoms with Gasteiger partial charge in [-0.1, -0.05) is 41.5 Å². The Kier molecular flexibility index (Phi) is 6.50. The lowest BCUT2D eigenvalue weighted by Gasteiger charge is -2.37. The van der Waals surface area contributed by atoms with E-state index in [4.69, 9.17) is 0 Å². The van der Waals surface area contributed by atoms with Gasteiger partial charge < -0.3 is 10.6 Å². The molecule has 1 atom stereocenters. The van der Waals surface area contributed by atoms with Gasteiger partial charge in [0.1, 0.15) is 0 Å². The van der Waals surface area contributed by atoms with Crippen molar-refractivity contribution in [3.05, 3.63) is 0 Å². The summed E-state index contributed by atoms with van der Waals surface area (Å²) in [5, 5.41) is 6.63. The molecule has 0 spiro atoms. The van der Waals surface area contributed by atoms with Crippen LogP contribution in [0.4, 0.5) is 0 Å². The summed E-state index contributed by atoms with van der Waals surface area (Å²) in [6, 6.07) is 0. The zero-order valence-electron chi connectivity index (χ0n) is 14.3. The van der Waals surface area contributed by atoms with Gasteiger partial charge in [0.05, 0.1) is 0 Å². The molecule has 20 heavy (non-hydrogen) atoms. The molecular weight excluding hydrogens is 248 g/mol. The predicted octanol–water partition coefficient (Wildman–Crippen LogP) is 3.06. The molecule has 1 saturated heterocycles. The second kappa shape index (κ2) is 7.44. The molecule has 1 aliphatic heterocycles. The summed E-state index contributed by atoms with van der Waals surface area (Å²) < 4.78 is 0. The first-order chi connectivity index (χ1) is 9.26. The van der Waals surface area contributed by atoms with Gasteiger partial charge in [-0.2, -0.15) is 0 Å². The summed E-state index contributed by atoms with van der Waals surface area (Å²) >= 11 is 0. The van der Waals surface area contributed by atoms with E-state index < -0.39 is 0 Å². The van der Waals surface area contributed by atoms with E-state index in [0.717, 1.165) is 26.1 Å². The van der Waals surface area contributed by atoms with E-state index in [1.54, 1.807) is 0 Å². The number of amides is 1. The molecule has 1 aliphatic rings. The van der Waals surface area contributed by atoms with Crippen molar-refractivity contribution in [1.29, 1.82) is 0 Å². The molecule has 0 aromatic heterocycles. The first kappa shape index (κ1) is 17.5. The van der Waals surface area contributed by atoms with Crippen molar-refractivity contribution in [3.8, 4) is 0 Å². The molecule has 1 amide bonds. The molecule has 2 N–H and O–H groups in total. The van der Waals surface area contributed by atoms with Crippen LogP contribution in [0, 0.1) is 29.1 Å². The van der Waals surface area contributed by atoms with Crippen LogP contribution in [0.1, 0.15) is 54.4 Å². The van der Waals surface area contributed by atoms with Crippen LogP contribution < -0.4 is 10.6 Å². The van der Waals surface area contributed by atoms with Crippen molar-refractivity contribution in [2.24, 2.45) is 29.1 Å². The van der Waals surface area contributed by atoms with E-state index >= 15 is 0 Å².